The molecular weight excluding hydrogens is 252 g/mol. The molecule has 1 unspecified atom stereocenters. The van der Waals surface area contributed by atoms with E-state index in [1.54, 1.807) is 11.3 Å². The topological polar surface area (TPSA) is 67.4 Å². The number of esters is 1. The molecule has 1 aromatic rings. The smallest absolute Gasteiger partial charge is 0.329 e. The van der Waals surface area contributed by atoms with Gasteiger partial charge in [0.1, 0.15) is 6.04 Å². The van der Waals surface area contributed by atoms with Gasteiger partial charge in [-0.2, -0.15) is 0 Å². The molecule has 0 fully saturated rings. The van der Waals surface area contributed by atoms with Crippen molar-refractivity contribution in [2.45, 2.75) is 26.4 Å². The molecule has 1 aromatic heterocycles. The van der Waals surface area contributed by atoms with E-state index in [0.717, 1.165) is 0 Å². The Hall–Kier alpha value is -1.40. The zero-order valence-electron chi connectivity index (χ0n) is 10.8. The van der Waals surface area contributed by atoms with Gasteiger partial charge in [0.25, 0.3) is 0 Å². The van der Waals surface area contributed by atoms with Crippen LogP contribution >= 0.6 is 11.3 Å². The predicted molar refractivity (Wildman–Crippen MR) is 70.4 cm³/mol. The van der Waals surface area contributed by atoms with Crippen molar-refractivity contribution in [3.63, 3.8) is 0 Å². The maximum Gasteiger partial charge on any atom is 0.329 e. The van der Waals surface area contributed by atoms with Gasteiger partial charge in [-0.05, 0) is 23.9 Å². The lowest BCUT2D eigenvalue weighted by atomic mass is 10.2. The molecule has 0 aliphatic carbocycles. The van der Waals surface area contributed by atoms with Gasteiger partial charge < -0.3 is 15.4 Å². The van der Waals surface area contributed by atoms with Crippen LogP contribution in [0.15, 0.2) is 11.4 Å². The van der Waals surface area contributed by atoms with Crippen molar-refractivity contribution in [3.8, 4) is 0 Å². The first-order valence-electron chi connectivity index (χ1n) is 5.63. The van der Waals surface area contributed by atoms with Gasteiger partial charge in [0.05, 0.1) is 7.11 Å². The SMILES string of the molecule is COC(=O)C(CNCc1sccc1C)NC(C)=O. The third-order valence-corrected chi connectivity index (χ3v) is 3.49. The Morgan fingerprint density at radius 1 is 1.50 bits per heavy atom. The van der Waals surface area contributed by atoms with E-state index in [1.165, 1.54) is 24.5 Å². The molecule has 1 atom stereocenters. The van der Waals surface area contributed by atoms with Crippen LogP contribution in [0, 0.1) is 6.92 Å². The molecule has 0 bridgehead atoms. The van der Waals surface area contributed by atoms with E-state index >= 15 is 0 Å². The fraction of sp³-hybridized carbons (Fsp3) is 0.500. The van der Waals surface area contributed by atoms with Crippen LogP contribution in [-0.4, -0.2) is 31.6 Å². The van der Waals surface area contributed by atoms with Gasteiger partial charge in [-0.1, -0.05) is 0 Å². The monoisotopic (exact) mass is 270 g/mol. The van der Waals surface area contributed by atoms with E-state index in [4.69, 9.17) is 0 Å². The molecule has 0 saturated heterocycles. The number of aryl methyl sites for hydroxylation is 1. The van der Waals surface area contributed by atoms with Gasteiger partial charge in [0, 0.05) is 24.9 Å². The summed E-state index contributed by atoms with van der Waals surface area (Å²) in [5, 5.41) is 7.72. The second-order valence-corrected chi connectivity index (χ2v) is 4.93. The summed E-state index contributed by atoms with van der Waals surface area (Å²) in [6.45, 7) is 4.44. The first-order valence-corrected chi connectivity index (χ1v) is 6.51. The lowest BCUT2D eigenvalue weighted by Crippen LogP contribution is -2.46. The highest BCUT2D eigenvalue weighted by atomic mass is 32.1. The molecule has 1 heterocycles. The molecule has 5 nitrogen and oxygen atoms in total. The van der Waals surface area contributed by atoms with Gasteiger partial charge in [-0.25, -0.2) is 4.79 Å². The molecule has 100 valence electrons. The minimum absolute atomic E-state index is 0.250. The number of hydrogen-bond donors (Lipinski definition) is 2. The third kappa shape index (κ3) is 4.46. The number of hydrogen-bond acceptors (Lipinski definition) is 5. The normalized spacial score (nSPS) is 11.9. The molecule has 2 N–H and O–H groups in total. The van der Waals surface area contributed by atoms with Crippen LogP contribution in [-0.2, 0) is 20.9 Å². The largest absolute Gasteiger partial charge is 0.467 e. The van der Waals surface area contributed by atoms with E-state index in [-0.39, 0.29) is 5.91 Å². The fourth-order valence-corrected chi connectivity index (χ4v) is 2.37. The number of thiophene rings is 1. The summed E-state index contributed by atoms with van der Waals surface area (Å²) in [6.07, 6.45) is 0. The lowest BCUT2D eigenvalue weighted by Gasteiger charge is -2.15. The highest BCUT2D eigenvalue weighted by molar-refractivity contribution is 7.10. The minimum atomic E-state index is -0.646. The van der Waals surface area contributed by atoms with Crippen LogP contribution in [0.1, 0.15) is 17.4 Å². The van der Waals surface area contributed by atoms with Crippen LogP contribution in [0.2, 0.25) is 0 Å². The van der Waals surface area contributed by atoms with Crippen molar-refractivity contribution in [2.75, 3.05) is 13.7 Å². The van der Waals surface area contributed by atoms with Gasteiger partial charge in [0.2, 0.25) is 5.91 Å². The average Bonchev–Trinajstić information content (AvgIpc) is 2.72. The number of carbonyl (C=O) groups excluding carboxylic acids is 2. The van der Waals surface area contributed by atoms with E-state index in [1.807, 2.05) is 18.4 Å². The van der Waals surface area contributed by atoms with Crippen molar-refractivity contribution in [1.29, 1.82) is 0 Å². The van der Waals surface area contributed by atoms with Crippen molar-refractivity contribution in [3.05, 3.63) is 21.9 Å². The van der Waals surface area contributed by atoms with Crippen molar-refractivity contribution in [2.24, 2.45) is 0 Å². The van der Waals surface area contributed by atoms with Crippen LogP contribution in [0.5, 0.6) is 0 Å². The molecule has 18 heavy (non-hydrogen) atoms. The lowest BCUT2D eigenvalue weighted by molar-refractivity contribution is -0.144. The summed E-state index contributed by atoms with van der Waals surface area (Å²) in [5.41, 5.74) is 1.22. The summed E-state index contributed by atoms with van der Waals surface area (Å²) in [6, 6.07) is 1.40. The molecular formula is C12H18N2O3S. The Bertz CT molecular complexity index is 417. The van der Waals surface area contributed by atoms with E-state index in [9.17, 15) is 9.59 Å². The first kappa shape index (κ1) is 14.7. The molecule has 6 heteroatoms. The zero-order valence-corrected chi connectivity index (χ0v) is 11.6. The van der Waals surface area contributed by atoms with Crippen LogP contribution in [0.4, 0.5) is 0 Å². The Kier molecular flexibility index (Phi) is 5.80. The molecule has 0 aliphatic heterocycles. The maximum absolute atomic E-state index is 11.4. The standard InChI is InChI=1S/C12H18N2O3S/c1-8-4-5-18-11(8)7-13-6-10(12(16)17-3)14-9(2)15/h4-5,10,13H,6-7H2,1-3H3,(H,14,15). The second kappa shape index (κ2) is 7.13. The Labute approximate surface area is 111 Å². The highest BCUT2D eigenvalue weighted by Gasteiger charge is 2.19. The van der Waals surface area contributed by atoms with Crippen LogP contribution in [0.25, 0.3) is 0 Å². The van der Waals surface area contributed by atoms with E-state index in [2.05, 4.69) is 15.4 Å². The Morgan fingerprint density at radius 3 is 2.72 bits per heavy atom. The second-order valence-electron chi connectivity index (χ2n) is 3.93. The van der Waals surface area contributed by atoms with E-state index < -0.39 is 12.0 Å². The molecule has 0 spiro atoms. The molecule has 0 radical (unpaired) electrons. The van der Waals surface area contributed by atoms with Gasteiger partial charge >= 0.3 is 5.97 Å². The first-order chi connectivity index (χ1) is 8.54. The summed E-state index contributed by atoms with van der Waals surface area (Å²) >= 11 is 1.66. The minimum Gasteiger partial charge on any atom is -0.467 e. The van der Waals surface area contributed by atoms with E-state index in [0.29, 0.717) is 13.1 Å². The summed E-state index contributed by atoms with van der Waals surface area (Å²) in [7, 11) is 1.31. The molecule has 0 saturated carbocycles. The number of rotatable bonds is 6. The third-order valence-electron chi connectivity index (χ3n) is 2.47. The van der Waals surface area contributed by atoms with Gasteiger partial charge in [-0.15, -0.1) is 11.3 Å². The average molecular weight is 270 g/mol. The zero-order chi connectivity index (χ0) is 13.5. The maximum atomic E-state index is 11.4. The van der Waals surface area contributed by atoms with Crippen molar-refractivity contribution < 1.29 is 14.3 Å². The quantitative estimate of drug-likeness (QED) is 0.751. The molecule has 1 rings (SSSR count). The van der Waals surface area contributed by atoms with Crippen LogP contribution in [0.3, 0.4) is 0 Å². The summed E-state index contributed by atoms with van der Waals surface area (Å²) in [4.78, 5) is 23.6. The number of ether oxygens (including phenoxy) is 1. The predicted octanol–water partition coefficient (Wildman–Crippen LogP) is 0.824. The van der Waals surface area contributed by atoms with Crippen molar-refractivity contribution >= 4 is 23.2 Å². The molecule has 0 aliphatic rings. The number of amides is 1. The Balaban J connectivity index is 2.44. The molecule has 0 aromatic carbocycles. The summed E-state index contributed by atoms with van der Waals surface area (Å²) < 4.78 is 4.63. The van der Waals surface area contributed by atoms with Crippen LogP contribution < -0.4 is 10.6 Å². The number of carbonyl (C=O) groups is 2. The Morgan fingerprint density at radius 2 is 2.22 bits per heavy atom. The number of methoxy groups -OCH3 is 1. The fourth-order valence-electron chi connectivity index (χ4n) is 1.50. The van der Waals surface area contributed by atoms with Gasteiger partial charge in [-0.3, -0.25) is 4.79 Å². The van der Waals surface area contributed by atoms with Crippen molar-refractivity contribution in [1.82, 2.24) is 10.6 Å². The van der Waals surface area contributed by atoms with Gasteiger partial charge in [0.15, 0.2) is 0 Å². The number of nitrogens with one attached hydrogen (secondary N) is 2. The summed E-state index contributed by atoms with van der Waals surface area (Å²) in [5.74, 6) is -0.694. The highest BCUT2D eigenvalue weighted by Crippen LogP contribution is 2.14. The molecule has 1 amide bonds.